The number of aliphatic hydroxyl groups is 1. The van der Waals surface area contributed by atoms with Gasteiger partial charge in [0, 0.05) is 24.4 Å². The van der Waals surface area contributed by atoms with E-state index in [2.05, 4.69) is 22.3 Å². The molecule has 0 radical (unpaired) electrons. The maximum atomic E-state index is 9.45. The van der Waals surface area contributed by atoms with Gasteiger partial charge in [0.2, 0.25) is 0 Å². The molecule has 3 aromatic rings. The SMILES string of the molecule is CCc1cc(N[C@H](CCO)c2ccc(OC)cc2)n2nccc2n1. The monoisotopic (exact) mass is 326 g/mol. The van der Waals surface area contributed by atoms with Crippen molar-refractivity contribution in [1.29, 1.82) is 0 Å². The Kier molecular flexibility index (Phi) is 4.96. The Morgan fingerprint density at radius 2 is 2.04 bits per heavy atom. The fourth-order valence-electron chi connectivity index (χ4n) is 2.71. The fraction of sp³-hybridized carbons (Fsp3) is 0.333. The van der Waals surface area contributed by atoms with Gasteiger partial charge in [-0.3, -0.25) is 0 Å². The van der Waals surface area contributed by atoms with Gasteiger partial charge in [-0.2, -0.15) is 9.61 Å². The van der Waals surface area contributed by atoms with Gasteiger partial charge in [0.15, 0.2) is 5.65 Å². The number of aliphatic hydroxyl groups excluding tert-OH is 1. The van der Waals surface area contributed by atoms with Gasteiger partial charge in [-0.25, -0.2) is 4.98 Å². The number of ether oxygens (including phenoxy) is 1. The van der Waals surface area contributed by atoms with Gasteiger partial charge in [0.05, 0.1) is 19.3 Å². The molecule has 2 aromatic heterocycles. The second-order valence-electron chi connectivity index (χ2n) is 5.57. The largest absolute Gasteiger partial charge is 0.497 e. The highest BCUT2D eigenvalue weighted by atomic mass is 16.5. The minimum Gasteiger partial charge on any atom is -0.497 e. The molecule has 0 aliphatic heterocycles. The Morgan fingerprint density at radius 3 is 2.71 bits per heavy atom. The Hall–Kier alpha value is -2.60. The number of hydrogen-bond acceptors (Lipinski definition) is 5. The Bertz CT molecular complexity index is 798. The molecule has 0 spiro atoms. The summed E-state index contributed by atoms with van der Waals surface area (Å²) in [4.78, 5) is 4.56. The van der Waals surface area contributed by atoms with Crippen LogP contribution in [0.15, 0.2) is 42.6 Å². The summed E-state index contributed by atoms with van der Waals surface area (Å²) in [5.41, 5.74) is 2.90. The van der Waals surface area contributed by atoms with Crippen LogP contribution in [0.5, 0.6) is 5.75 Å². The first-order valence-corrected chi connectivity index (χ1v) is 8.10. The van der Waals surface area contributed by atoms with Crippen molar-refractivity contribution in [2.45, 2.75) is 25.8 Å². The number of nitrogens with one attached hydrogen (secondary N) is 1. The molecule has 0 amide bonds. The molecule has 1 atom stereocenters. The zero-order valence-corrected chi connectivity index (χ0v) is 13.9. The zero-order chi connectivity index (χ0) is 16.9. The first kappa shape index (κ1) is 16.3. The summed E-state index contributed by atoms with van der Waals surface area (Å²) in [6, 6.07) is 11.7. The highest BCUT2D eigenvalue weighted by Gasteiger charge is 2.14. The van der Waals surface area contributed by atoms with Crippen molar-refractivity contribution in [2.75, 3.05) is 19.0 Å². The molecule has 2 heterocycles. The number of hydrogen-bond donors (Lipinski definition) is 2. The van der Waals surface area contributed by atoms with Crippen molar-refractivity contribution < 1.29 is 9.84 Å². The molecule has 6 heteroatoms. The van der Waals surface area contributed by atoms with E-state index in [1.54, 1.807) is 17.8 Å². The van der Waals surface area contributed by atoms with Gasteiger partial charge in [0.1, 0.15) is 11.6 Å². The summed E-state index contributed by atoms with van der Waals surface area (Å²) in [7, 11) is 1.65. The first-order valence-electron chi connectivity index (χ1n) is 8.10. The maximum absolute atomic E-state index is 9.45. The molecule has 0 aliphatic rings. The molecular weight excluding hydrogens is 304 g/mol. The van der Waals surface area contributed by atoms with Crippen LogP contribution < -0.4 is 10.1 Å². The zero-order valence-electron chi connectivity index (χ0n) is 13.9. The van der Waals surface area contributed by atoms with E-state index in [1.807, 2.05) is 36.4 Å². The summed E-state index contributed by atoms with van der Waals surface area (Å²) in [5, 5.41) is 17.3. The number of benzene rings is 1. The number of nitrogens with zero attached hydrogens (tertiary/aromatic N) is 3. The number of methoxy groups -OCH3 is 1. The molecule has 0 saturated carbocycles. The lowest BCUT2D eigenvalue weighted by molar-refractivity contribution is 0.280. The third kappa shape index (κ3) is 3.33. The predicted octanol–water partition coefficient (Wildman–Crippen LogP) is 2.84. The minimum atomic E-state index is -0.0274. The molecular formula is C18H22N4O2. The third-order valence-corrected chi connectivity index (χ3v) is 4.03. The Morgan fingerprint density at radius 1 is 1.25 bits per heavy atom. The van der Waals surface area contributed by atoms with Crippen LogP contribution in [0.25, 0.3) is 5.65 Å². The normalized spacial score (nSPS) is 12.3. The molecule has 2 N–H and O–H groups in total. The Balaban J connectivity index is 1.94. The summed E-state index contributed by atoms with van der Waals surface area (Å²) in [5.74, 6) is 1.68. The average Bonchev–Trinajstić information content (AvgIpc) is 3.10. The van der Waals surface area contributed by atoms with Crippen LogP contribution in [0.1, 0.15) is 30.6 Å². The van der Waals surface area contributed by atoms with Crippen molar-refractivity contribution in [3.05, 3.63) is 53.9 Å². The molecule has 0 bridgehead atoms. The van der Waals surface area contributed by atoms with Gasteiger partial charge < -0.3 is 15.2 Å². The lowest BCUT2D eigenvalue weighted by atomic mass is 10.0. The van der Waals surface area contributed by atoms with Crippen LogP contribution in [0.3, 0.4) is 0 Å². The Labute approximate surface area is 141 Å². The van der Waals surface area contributed by atoms with Crippen LogP contribution in [0.4, 0.5) is 5.82 Å². The van der Waals surface area contributed by atoms with E-state index in [0.29, 0.717) is 6.42 Å². The quantitative estimate of drug-likeness (QED) is 0.698. The number of fused-ring (bicyclic) bond motifs is 1. The smallest absolute Gasteiger partial charge is 0.157 e. The van der Waals surface area contributed by atoms with Gasteiger partial charge in [-0.15, -0.1) is 0 Å². The van der Waals surface area contributed by atoms with Gasteiger partial charge >= 0.3 is 0 Å². The lowest BCUT2D eigenvalue weighted by Gasteiger charge is -2.20. The van der Waals surface area contributed by atoms with Crippen LogP contribution in [0.2, 0.25) is 0 Å². The molecule has 0 fully saturated rings. The molecule has 126 valence electrons. The van der Waals surface area contributed by atoms with Gasteiger partial charge in [-0.1, -0.05) is 19.1 Å². The van der Waals surface area contributed by atoms with Crippen LogP contribution in [-0.2, 0) is 6.42 Å². The lowest BCUT2D eigenvalue weighted by Crippen LogP contribution is -2.15. The first-order chi connectivity index (χ1) is 11.7. The number of rotatable bonds is 7. The van der Waals surface area contributed by atoms with Gasteiger partial charge in [0.25, 0.3) is 0 Å². The van der Waals surface area contributed by atoms with Crippen molar-refractivity contribution in [2.24, 2.45) is 0 Å². The van der Waals surface area contributed by atoms with Crippen molar-refractivity contribution in [1.82, 2.24) is 14.6 Å². The van der Waals surface area contributed by atoms with E-state index in [0.717, 1.165) is 34.9 Å². The highest BCUT2D eigenvalue weighted by molar-refractivity contribution is 5.50. The minimum absolute atomic E-state index is 0.0274. The van der Waals surface area contributed by atoms with Crippen LogP contribution >= 0.6 is 0 Å². The molecule has 6 nitrogen and oxygen atoms in total. The van der Waals surface area contributed by atoms with Crippen LogP contribution in [0, 0.1) is 0 Å². The van der Waals surface area contributed by atoms with Crippen LogP contribution in [-0.4, -0.2) is 33.4 Å². The summed E-state index contributed by atoms with van der Waals surface area (Å²) in [6.45, 7) is 2.17. The van der Waals surface area contributed by atoms with E-state index < -0.39 is 0 Å². The maximum Gasteiger partial charge on any atom is 0.157 e. The summed E-state index contributed by atoms with van der Waals surface area (Å²) >= 11 is 0. The predicted molar refractivity (Wildman–Crippen MR) is 93.4 cm³/mol. The number of aromatic nitrogens is 3. The second-order valence-corrected chi connectivity index (χ2v) is 5.57. The molecule has 0 unspecified atom stereocenters. The van der Waals surface area contributed by atoms with E-state index in [1.165, 1.54) is 0 Å². The van der Waals surface area contributed by atoms with E-state index in [9.17, 15) is 5.11 Å². The average molecular weight is 326 g/mol. The third-order valence-electron chi connectivity index (χ3n) is 4.03. The molecule has 0 aliphatic carbocycles. The second kappa shape index (κ2) is 7.31. The van der Waals surface area contributed by atoms with E-state index in [4.69, 9.17) is 4.74 Å². The number of anilines is 1. The fourth-order valence-corrected chi connectivity index (χ4v) is 2.71. The molecule has 1 aromatic carbocycles. The summed E-state index contributed by atoms with van der Waals surface area (Å²) in [6.07, 6.45) is 3.18. The standard InChI is InChI=1S/C18H22N4O2/c1-3-14-12-18(22-17(20-14)8-10-19-22)21-16(9-11-23)13-4-6-15(24-2)7-5-13/h4-8,10,12,16,21,23H,3,9,11H2,1-2H3/t16-/m1/s1. The van der Waals surface area contributed by atoms with Crippen molar-refractivity contribution >= 4 is 11.5 Å². The van der Waals surface area contributed by atoms with Gasteiger partial charge in [-0.05, 0) is 30.5 Å². The molecule has 0 saturated heterocycles. The van der Waals surface area contributed by atoms with E-state index >= 15 is 0 Å². The molecule has 24 heavy (non-hydrogen) atoms. The van der Waals surface area contributed by atoms with E-state index in [-0.39, 0.29) is 12.6 Å². The topological polar surface area (TPSA) is 71.7 Å². The van der Waals surface area contributed by atoms with Crippen molar-refractivity contribution in [3.8, 4) is 5.75 Å². The highest BCUT2D eigenvalue weighted by Crippen LogP contribution is 2.25. The molecule has 3 rings (SSSR count). The summed E-state index contributed by atoms with van der Waals surface area (Å²) < 4.78 is 7.00. The van der Waals surface area contributed by atoms with Crippen molar-refractivity contribution in [3.63, 3.8) is 0 Å². The number of aryl methyl sites for hydroxylation is 1.